The van der Waals surface area contributed by atoms with E-state index in [1.807, 2.05) is 60.7 Å². The van der Waals surface area contributed by atoms with E-state index >= 15 is 0 Å². The van der Waals surface area contributed by atoms with Crippen LogP contribution < -0.4 is 4.90 Å². The van der Waals surface area contributed by atoms with Crippen molar-refractivity contribution in [3.63, 3.8) is 0 Å². The van der Waals surface area contributed by atoms with E-state index in [-0.39, 0.29) is 48.8 Å². The number of carbonyl (C=O) groups is 3. The number of benzene rings is 2. The molecule has 2 aromatic rings. The largest absolute Gasteiger partial charge is 0.395 e. The molecule has 3 heterocycles. The number of para-hydroxylation sites is 1. The maximum Gasteiger partial charge on any atom is 0.248 e. The lowest BCUT2D eigenvalue weighted by atomic mass is 9.70. The Morgan fingerprint density at radius 1 is 1.05 bits per heavy atom. The van der Waals surface area contributed by atoms with Crippen LogP contribution in [0.25, 0.3) is 0 Å². The Kier molecular flexibility index (Phi) is 8.26. The summed E-state index contributed by atoms with van der Waals surface area (Å²) in [4.78, 5) is 47.1. The summed E-state index contributed by atoms with van der Waals surface area (Å²) in [6, 6.07) is 17.9. The first-order valence-electron chi connectivity index (χ1n) is 13.5. The fraction of sp³-hybridized carbons (Fsp3) is 0.387. The monoisotopic (exact) mass is 607 g/mol. The Morgan fingerprint density at radius 3 is 2.33 bits per heavy atom. The molecule has 9 heteroatoms. The number of ether oxygens (including phenoxy) is 1. The highest BCUT2D eigenvalue weighted by molar-refractivity contribution is 9.09. The molecule has 40 heavy (non-hydrogen) atoms. The summed E-state index contributed by atoms with van der Waals surface area (Å²) >= 11 is 3.72. The van der Waals surface area contributed by atoms with Gasteiger partial charge >= 0.3 is 0 Å². The van der Waals surface area contributed by atoms with Gasteiger partial charge in [-0.15, -0.1) is 13.2 Å². The van der Waals surface area contributed by atoms with Gasteiger partial charge in [-0.1, -0.05) is 76.6 Å². The van der Waals surface area contributed by atoms with Crippen LogP contribution >= 0.6 is 15.9 Å². The van der Waals surface area contributed by atoms with Crippen molar-refractivity contribution < 1.29 is 24.2 Å². The van der Waals surface area contributed by atoms with Crippen molar-refractivity contribution >= 4 is 39.3 Å². The summed E-state index contributed by atoms with van der Waals surface area (Å²) in [5, 5.41) is 9.91. The second kappa shape index (κ2) is 11.7. The van der Waals surface area contributed by atoms with Gasteiger partial charge in [-0.05, 0) is 24.1 Å². The zero-order valence-electron chi connectivity index (χ0n) is 22.3. The number of halogens is 1. The highest BCUT2D eigenvalue weighted by atomic mass is 79.9. The molecule has 2 bridgehead atoms. The smallest absolute Gasteiger partial charge is 0.248 e. The second-order valence-corrected chi connectivity index (χ2v) is 11.7. The van der Waals surface area contributed by atoms with Crippen molar-refractivity contribution in [1.82, 2.24) is 9.80 Å². The molecular formula is C31H34BrN3O5. The van der Waals surface area contributed by atoms with Crippen LogP contribution in [0.15, 0.2) is 86.0 Å². The molecule has 8 nitrogen and oxygen atoms in total. The van der Waals surface area contributed by atoms with Crippen molar-refractivity contribution in [2.45, 2.75) is 35.5 Å². The fourth-order valence-corrected chi connectivity index (χ4v) is 7.59. The molecule has 3 unspecified atom stereocenters. The zero-order chi connectivity index (χ0) is 28.4. The van der Waals surface area contributed by atoms with Gasteiger partial charge in [-0.25, -0.2) is 0 Å². The summed E-state index contributed by atoms with van der Waals surface area (Å²) in [6.45, 7) is 8.18. The Bertz CT molecular complexity index is 1270. The van der Waals surface area contributed by atoms with Gasteiger partial charge in [0.1, 0.15) is 11.6 Å². The molecule has 1 spiro atoms. The topological polar surface area (TPSA) is 90.4 Å². The fourth-order valence-electron chi connectivity index (χ4n) is 6.64. The Hall–Kier alpha value is -3.27. The number of β-amino-alcohol motifs (C(OH)–C–C–N with tert-alkyl or cyclic N) is 1. The maximum absolute atomic E-state index is 14.3. The number of amides is 3. The highest BCUT2D eigenvalue weighted by Crippen LogP contribution is 2.60. The summed E-state index contributed by atoms with van der Waals surface area (Å²) in [6.07, 6.45) is 3.13. The van der Waals surface area contributed by atoms with Gasteiger partial charge in [0.2, 0.25) is 17.7 Å². The molecule has 210 valence electrons. The minimum Gasteiger partial charge on any atom is -0.395 e. The number of aliphatic hydroxyl groups excluding tert-OH is 1. The first-order valence-corrected chi connectivity index (χ1v) is 14.4. The van der Waals surface area contributed by atoms with Gasteiger partial charge in [0, 0.05) is 36.7 Å². The third-order valence-electron chi connectivity index (χ3n) is 8.17. The SMILES string of the molecule is C=CCN(Cc1ccccc1)C(=O)C1N(CCO)C(=O)[C@@H]2[C@@H](C(=O)N(CC=C)c3ccccc3)[C@@H]3OC12CC3Br. The number of rotatable bonds is 11. The van der Waals surface area contributed by atoms with E-state index in [0.29, 0.717) is 18.7 Å². The van der Waals surface area contributed by atoms with E-state index < -0.39 is 29.6 Å². The summed E-state index contributed by atoms with van der Waals surface area (Å²) in [5.74, 6) is -2.51. The predicted octanol–water partition coefficient (Wildman–Crippen LogP) is 3.16. The lowest BCUT2D eigenvalue weighted by Gasteiger charge is -2.37. The number of fused-ring (bicyclic) bond motifs is 1. The number of hydrogen-bond acceptors (Lipinski definition) is 5. The van der Waals surface area contributed by atoms with Gasteiger partial charge in [0.05, 0.1) is 24.5 Å². The van der Waals surface area contributed by atoms with Gasteiger partial charge < -0.3 is 24.5 Å². The first kappa shape index (κ1) is 28.3. The third kappa shape index (κ3) is 4.70. The number of carbonyl (C=O) groups excluding carboxylic acids is 3. The lowest BCUT2D eigenvalue weighted by Crippen LogP contribution is -2.57. The predicted molar refractivity (Wildman–Crippen MR) is 156 cm³/mol. The quantitative estimate of drug-likeness (QED) is 0.313. The van der Waals surface area contributed by atoms with Crippen LogP contribution in [0.3, 0.4) is 0 Å². The molecule has 3 aliphatic heterocycles. The zero-order valence-corrected chi connectivity index (χ0v) is 23.9. The third-order valence-corrected chi connectivity index (χ3v) is 9.02. The van der Waals surface area contributed by atoms with E-state index in [1.165, 1.54) is 4.90 Å². The molecule has 6 atom stereocenters. The minimum atomic E-state index is -1.20. The van der Waals surface area contributed by atoms with E-state index in [1.54, 1.807) is 22.0 Å². The molecule has 3 amide bonds. The molecule has 1 N–H and O–H groups in total. The normalized spacial score (nSPS) is 28.3. The number of hydrogen-bond donors (Lipinski definition) is 1. The van der Waals surface area contributed by atoms with Gasteiger partial charge in [-0.2, -0.15) is 0 Å². The Morgan fingerprint density at radius 2 is 1.70 bits per heavy atom. The molecule has 3 fully saturated rings. The number of likely N-dealkylation sites (tertiary alicyclic amines) is 1. The van der Waals surface area contributed by atoms with E-state index in [9.17, 15) is 19.5 Å². The average molecular weight is 609 g/mol. The molecule has 0 saturated carbocycles. The summed E-state index contributed by atoms with van der Waals surface area (Å²) in [5.41, 5.74) is 0.436. The van der Waals surface area contributed by atoms with E-state index in [4.69, 9.17) is 4.74 Å². The number of nitrogens with zero attached hydrogens (tertiary/aromatic N) is 3. The molecule has 0 aliphatic carbocycles. The lowest BCUT2D eigenvalue weighted by molar-refractivity contribution is -0.148. The minimum absolute atomic E-state index is 0.0301. The van der Waals surface area contributed by atoms with Gasteiger partial charge in [-0.3, -0.25) is 14.4 Å². The Balaban J connectivity index is 1.53. The van der Waals surface area contributed by atoms with Crippen LogP contribution in [0, 0.1) is 11.8 Å². The van der Waals surface area contributed by atoms with Crippen molar-refractivity contribution in [3.8, 4) is 0 Å². The number of aliphatic hydroxyl groups is 1. The van der Waals surface area contributed by atoms with E-state index in [2.05, 4.69) is 29.1 Å². The van der Waals surface area contributed by atoms with Crippen LogP contribution in [0.4, 0.5) is 5.69 Å². The average Bonchev–Trinajstić information content (AvgIpc) is 3.55. The van der Waals surface area contributed by atoms with Crippen LogP contribution in [0.1, 0.15) is 12.0 Å². The van der Waals surface area contributed by atoms with Crippen molar-refractivity contribution in [2.75, 3.05) is 31.1 Å². The molecule has 3 aliphatic rings. The van der Waals surface area contributed by atoms with Crippen LogP contribution in [-0.2, 0) is 25.7 Å². The molecular weight excluding hydrogens is 574 g/mol. The first-order chi connectivity index (χ1) is 19.4. The molecule has 2 aromatic carbocycles. The van der Waals surface area contributed by atoms with Gasteiger partial charge in [0.25, 0.3) is 0 Å². The Labute approximate surface area is 243 Å². The highest BCUT2D eigenvalue weighted by Gasteiger charge is 2.76. The molecule has 3 saturated heterocycles. The van der Waals surface area contributed by atoms with Crippen molar-refractivity contribution in [3.05, 3.63) is 91.5 Å². The van der Waals surface area contributed by atoms with Crippen LogP contribution in [0.2, 0.25) is 0 Å². The second-order valence-electron chi connectivity index (χ2n) is 10.5. The molecule has 5 rings (SSSR count). The molecule has 0 radical (unpaired) electrons. The molecule has 0 aromatic heterocycles. The standard InChI is InChI=1S/C31H34BrN3O5/c1-3-15-33(20-21-11-7-5-8-12-21)30(39)27-31-19-23(32)26(40-31)24(25(31)29(38)35(27)17-18-36)28(37)34(16-4-2)22-13-9-6-10-14-22/h3-14,23-27,36H,1-2,15-20H2/t23?,24-,25+,26-,27?,31?/m1/s1. The van der Waals surface area contributed by atoms with Crippen molar-refractivity contribution in [1.29, 1.82) is 0 Å². The summed E-state index contributed by atoms with van der Waals surface area (Å²) in [7, 11) is 0. The van der Waals surface area contributed by atoms with Crippen molar-refractivity contribution in [2.24, 2.45) is 11.8 Å². The van der Waals surface area contributed by atoms with Crippen LogP contribution in [-0.4, -0.2) is 81.4 Å². The maximum atomic E-state index is 14.3. The number of anilines is 1. The van der Waals surface area contributed by atoms with Gasteiger partial charge in [0.15, 0.2) is 0 Å². The summed E-state index contributed by atoms with van der Waals surface area (Å²) < 4.78 is 6.62. The number of alkyl halides is 1. The van der Waals surface area contributed by atoms with Crippen LogP contribution in [0.5, 0.6) is 0 Å². The van der Waals surface area contributed by atoms with E-state index in [0.717, 1.165) is 5.56 Å².